The van der Waals surface area contributed by atoms with E-state index in [1.54, 1.807) is 0 Å². The molecule has 0 aromatic heterocycles. The summed E-state index contributed by atoms with van der Waals surface area (Å²) in [6, 6.07) is 0. The molecule has 1 N–H and O–H groups in total. The number of ether oxygens (including phenoxy) is 1. The van der Waals surface area contributed by atoms with Crippen LogP contribution < -0.4 is 5.32 Å². The summed E-state index contributed by atoms with van der Waals surface area (Å²) < 4.78 is 5.37. The lowest BCUT2D eigenvalue weighted by Crippen LogP contribution is -2.40. The molecule has 0 amide bonds. The minimum Gasteiger partial charge on any atom is -0.377 e. The second kappa shape index (κ2) is 4.73. The monoisotopic (exact) mass is 159 g/mol. The van der Waals surface area contributed by atoms with E-state index >= 15 is 0 Å². The largest absolute Gasteiger partial charge is 0.377 e. The first-order valence-corrected chi connectivity index (χ1v) is 4.32. The summed E-state index contributed by atoms with van der Waals surface area (Å²) in [4.78, 5) is 0. The van der Waals surface area contributed by atoms with Crippen molar-refractivity contribution in [2.24, 2.45) is 0 Å². The van der Waals surface area contributed by atoms with Crippen molar-refractivity contribution in [1.29, 1.82) is 0 Å². The van der Waals surface area contributed by atoms with Crippen molar-refractivity contribution in [1.82, 2.24) is 5.32 Å². The highest BCUT2D eigenvalue weighted by molar-refractivity contribution is 4.71. The van der Waals surface area contributed by atoms with Gasteiger partial charge in [-0.3, -0.25) is 0 Å². The van der Waals surface area contributed by atoms with Gasteiger partial charge in [0.05, 0.1) is 6.10 Å². The van der Waals surface area contributed by atoms with E-state index in [4.69, 9.17) is 4.74 Å². The lowest BCUT2D eigenvalue weighted by molar-refractivity contribution is 0.0714. The summed E-state index contributed by atoms with van der Waals surface area (Å²) in [6.45, 7) is 12.3. The Morgan fingerprint density at radius 1 is 1.36 bits per heavy atom. The topological polar surface area (TPSA) is 21.3 Å². The average molecular weight is 159 g/mol. The van der Waals surface area contributed by atoms with Crippen LogP contribution in [0.3, 0.4) is 0 Å². The molecule has 1 atom stereocenters. The van der Waals surface area contributed by atoms with Gasteiger partial charge in [-0.25, -0.2) is 0 Å². The lowest BCUT2D eigenvalue weighted by Gasteiger charge is -2.23. The first-order chi connectivity index (χ1) is 4.95. The van der Waals surface area contributed by atoms with Crippen molar-refractivity contribution < 1.29 is 4.74 Å². The molecule has 11 heavy (non-hydrogen) atoms. The highest BCUT2D eigenvalue weighted by Gasteiger charge is 2.10. The van der Waals surface area contributed by atoms with Gasteiger partial charge in [0.25, 0.3) is 0 Å². The minimum atomic E-state index is 0.200. The van der Waals surface area contributed by atoms with Crippen molar-refractivity contribution in [3.8, 4) is 0 Å². The molecule has 0 heterocycles. The van der Waals surface area contributed by atoms with Crippen LogP contribution in [0.4, 0.5) is 0 Å². The summed E-state index contributed by atoms with van der Waals surface area (Å²) >= 11 is 0. The summed E-state index contributed by atoms with van der Waals surface area (Å²) in [5, 5.41) is 3.38. The predicted molar refractivity (Wildman–Crippen MR) is 48.8 cm³/mol. The number of hydrogen-bond acceptors (Lipinski definition) is 2. The highest BCUT2D eigenvalue weighted by atomic mass is 16.5. The maximum atomic E-state index is 5.37. The van der Waals surface area contributed by atoms with Crippen LogP contribution in [0, 0.1) is 0 Å². The molecule has 2 heteroatoms. The SMILES string of the molecule is CCOC(C)CNC(C)(C)C. The van der Waals surface area contributed by atoms with E-state index in [0.29, 0.717) is 6.10 Å². The molecule has 0 rings (SSSR count). The quantitative estimate of drug-likeness (QED) is 0.675. The maximum absolute atomic E-state index is 5.37. The van der Waals surface area contributed by atoms with E-state index < -0.39 is 0 Å². The predicted octanol–water partition coefficient (Wildman–Crippen LogP) is 1.80. The second-order valence-electron chi connectivity index (χ2n) is 3.90. The zero-order chi connectivity index (χ0) is 8.91. The molecule has 0 bridgehead atoms. The summed E-state index contributed by atoms with van der Waals surface area (Å²) in [7, 11) is 0. The number of nitrogens with one attached hydrogen (secondary N) is 1. The Hall–Kier alpha value is -0.0800. The van der Waals surface area contributed by atoms with Crippen molar-refractivity contribution >= 4 is 0 Å². The molecule has 0 aromatic carbocycles. The van der Waals surface area contributed by atoms with E-state index in [-0.39, 0.29) is 5.54 Å². The van der Waals surface area contributed by atoms with Gasteiger partial charge in [0.15, 0.2) is 0 Å². The number of rotatable bonds is 4. The fraction of sp³-hybridized carbons (Fsp3) is 1.00. The third kappa shape index (κ3) is 7.82. The third-order valence-electron chi connectivity index (χ3n) is 1.37. The molecule has 0 aliphatic carbocycles. The molecule has 0 saturated carbocycles. The van der Waals surface area contributed by atoms with E-state index in [9.17, 15) is 0 Å². The molecule has 0 saturated heterocycles. The Bertz CT molecular complexity index is 96.2. The summed E-state index contributed by atoms with van der Waals surface area (Å²) in [5.41, 5.74) is 0.200. The second-order valence-corrected chi connectivity index (χ2v) is 3.90. The van der Waals surface area contributed by atoms with Crippen LogP contribution in [0.2, 0.25) is 0 Å². The first-order valence-electron chi connectivity index (χ1n) is 4.32. The molecule has 0 aliphatic rings. The molecule has 2 nitrogen and oxygen atoms in total. The lowest BCUT2D eigenvalue weighted by atomic mass is 10.1. The van der Waals surface area contributed by atoms with Crippen molar-refractivity contribution in [2.75, 3.05) is 13.2 Å². The van der Waals surface area contributed by atoms with Gasteiger partial charge >= 0.3 is 0 Å². The van der Waals surface area contributed by atoms with Crippen LogP contribution in [0.25, 0.3) is 0 Å². The molecule has 0 fully saturated rings. The Kier molecular flexibility index (Phi) is 4.69. The van der Waals surface area contributed by atoms with Gasteiger partial charge in [0.1, 0.15) is 0 Å². The molecular weight excluding hydrogens is 138 g/mol. The first kappa shape index (κ1) is 10.9. The van der Waals surface area contributed by atoms with Crippen LogP contribution in [0.5, 0.6) is 0 Å². The van der Waals surface area contributed by atoms with E-state index in [2.05, 4.69) is 33.0 Å². The smallest absolute Gasteiger partial charge is 0.0671 e. The van der Waals surface area contributed by atoms with Gasteiger partial charge in [-0.15, -0.1) is 0 Å². The van der Waals surface area contributed by atoms with Crippen molar-refractivity contribution in [3.63, 3.8) is 0 Å². The van der Waals surface area contributed by atoms with Gasteiger partial charge in [0.2, 0.25) is 0 Å². The van der Waals surface area contributed by atoms with Crippen molar-refractivity contribution in [2.45, 2.75) is 46.3 Å². The third-order valence-corrected chi connectivity index (χ3v) is 1.37. The minimum absolute atomic E-state index is 0.200. The van der Waals surface area contributed by atoms with Crippen LogP contribution in [-0.2, 0) is 4.74 Å². The molecule has 0 spiro atoms. The average Bonchev–Trinajstić information content (AvgIpc) is 1.83. The Balaban J connectivity index is 3.38. The van der Waals surface area contributed by atoms with E-state index in [1.165, 1.54) is 0 Å². The Labute approximate surface area is 70.3 Å². The molecule has 0 radical (unpaired) electrons. The van der Waals surface area contributed by atoms with Crippen LogP contribution in [0.1, 0.15) is 34.6 Å². The Morgan fingerprint density at radius 2 is 1.91 bits per heavy atom. The van der Waals surface area contributed by atoms with Crippen LogP contribution in [0.15, 0.2) is 0 Å². The van der Waals surface area contributed by atoms with E-state index in [1.807, 2.05) is 6.92 Å². The van der Waals surface area contributed by atoms with Gasteiger partial charge in [-0.1, -0.05) is 0 Å². The van der Waals surface area contributed by atoms with Crippen LogP contribution in [-0.4, -0.2) is 24.8 Å². The van der Waals surface area contributed by atoms with Crippen LogP contribution >= 0.6 is 0 Å². The zero-order valence-electron chi connectivity index (χ0n) is 8.40. The fourth-order valence-corrected chi connectivity index (χ4v) is 0.793. The summed E-state index contributed by atoms with van der Waals surface area (Å²) in [5.74, 6) is 0. The normalized spacial score (nSPS) is 15.0. The van der Waals surface area contributed by atoms with Gasteiger partial charge in [-0.2, -0.15) is 0 Å². The van der Waals surface area contributed by atoms with Crippen molar-refractivity contribution in [3.05, 3.63) is 0 Å². The molecule has 0 aliphatic heterocycles. The molecular formula is C9H21NO. The maximum Gasteiger partial charge on any atom is 0.0671 e. The molecule has 0 aromatic rings. The highest BCUT2D eigenvalue weighted by Crippen LogP contribution is 1.99. The standard InChI is InChI=1S/C9H21NO/c1-6-11-8(2)7-10-9(3,4)5/h8,10H,6-7H2,1-5H3. The molecule has 68 valence electrons. The molecule has 1 unspecified atom stereocenters. The van der Waals surface area contributed by atoms with E-state index in [0.717, 1.165) is 13.2 Å². The van der Waals surface area contributed by atoms with Gasteiger partial charge in [-0.05, 0) is 34.6 Å². The Morgan fingerprint density at radius 3 is 2.27 bits per heavy atom. The summed E-state index contributed by atoms with van der Waals surface area (Å²) in [6.07, 6.45) is 0.319. The fourth-order valence-electron chi connectivity index (χ4n) is 0.793. The van der Waals surface area contributed by atoms with Gasteiger partial charge in [0, 0.05) is 18.7 Å². The van der Waals surface area contributed by atoms with Gasteiger partial charge < -0.3 is 10.1 Å². The number of hydrogen-bond donors (Lipinski definition) is 1. The zero-order valence-corrected chi connectivity index (χ0v) is 8.40.